The number of hydrogen-bond acceptors (Lipinski definition) is 0. The van der Waals surface area contributed by atoms with Crippen LogP contribution >= 0.6 is 0 Å². The first-order valence-corrected chi connectivity index (χ1v) is 4.68. The molecule has 0 atom stereocenters. The van der Waals surface area contributed by atoms with E-state index in [9.17, 15) is 0 Å². The van der Waals surface area contributed by atoms with E-state index in [0.29, 0.717) is 0 Å². The molecule has 0 saturated heterocycles. The third kappa shape index (κ3) is 3.79. The van der Waals surface area contributed by atoms with Gasteiger partial charge in [0.05, 0.1) is 0 Å². The lowest BCUT2D eigenvalue weighted by molar-refractivity contribution is 1.26. The van der Waals surface area contributed by atoms with Crippen LogP contribution in [0.4, 0.5) is 0 Å². The average molecular weight is 177 g/mol. The van der Waals surface area contributed by atoms with E-state index < -0.39 is 0 Å². The van der Waals surface area contributed by atoms with Crippen molar-refractivity contribution in [3.8, 4) is 0 Å². The van der Waals surface area contributed by atoms with Gasteiger partial charge in [0.2, 0.25) is 0 Å². The molecule has 1 aromatic rings. The summed E-state index contributed by atoms with van der Waals surface area (Å²) in [6, 6.07) is 2.06. The molecule has 0 unspecified atom stereocenters. The summed E-state index contributed by atoms with van der Waals surface area (Å²) in [7, 11) is 0. The van der Waals surface area contributed by atoms with Crippen molar-refractivity contribution in [3.05, 3.63) is 41.7 Å². The molecule has 1 N–H and O–H groups in total. The Kier molecular flexibility index (Phi) is 5.69. The van der Waals surface area contributed by atoms with E-state index >= 15 is 0 Å². The van der Waals surface area contributed by atoms with Crippen molar-refractivity contribution in [2.75, 3.05) is 0 Å². The molecule has 0 amide bonds. The molecule has 0 saturated carbocycles. The van der Waals surface area contributed by atoms with Crippen LogP contribution in [0.5, 0.6) is 0 Å². The molecule has 72 valence electrons. The van der Waals surface area contributed by atoms with Crippen LogP contribution in [0, 0.1) is 6.92 Å². The van der Waals surface area contributed by atoms with Crippen LogP contribution in [0.2, 0.25) is 0 Å². The molecule has 13 heavy (non-hydrogen) atoms. The second-order valence-corrected chi connectivity index (χ2v) is 2.65. The molecule has 0 fully saturated rings. The molecule has 1 heteroatoms. The van der Waals surface area contributed by atoms with Crippen LogP contribution in [0.15, 0.2) is 30.5 Å². The molecule has 1 aromatic heterocycles. The Bertz CT molecular complexity index is 279. The summed E-state index contributed by atoms with van der Waals surface area (Å²) in [5.74, 6) is 0. The zero-order valence-electron chi connectivity index (χ0n) is 9.02. The maximum absolute atomic E-state index is 3.69. The Labute approximate surface area is 81.2 Å². The number of nitrogens with one attached hydrogen (secondary N) is 1. The van der Waals surface area contributed by atoms with Gasteiger partial charge in [-0.15, -0.1) is 0 Å². The molecule has 0 spiro atoms. The Balaban J connectivity index is 0.000000671. The van der Waals surface area contributed by atoms with Crippen LogP contribution in [0.1, 0.15) is 32.0 Å². The van der Waals surface area contributed by atoms with Crippen molar-refractivity contribution in [2.45, 2.75) is 27.7 Å². The number of rotatable bonds is 2. The van der Waals surface area contributed by atoms with E-state index in [4.69, 9.17) is 0 Å². The van der Waals surface area contributed by atoms with Crippen molar-refractivity contribution < 1.29 is 0 Å². The number of aryl methyl sites for hydroxylation is 1. The van der Waals surface area contributed by atoms with E-state index in [1.807, 2.05) is 33.0 Å². The monoisotopic (exact) mass is 177 g/mol. The van der Waals surface area contributed by atoms with Gasteiger partial charge in [0.25, 0.3) is 0 Å². The molecule has 0 aliphatic carbocycles. The fourth-order valence-corrected chi connectivity index (χ4v) is 0.925. The standard InChI is InChI=1S/C10H13N.C2H6/c1-4-8(2)7-10-5-6-11-9(10)3;1-2/h4-7,11H,1H2,2-3H3;1-2H3/b8-7-;. The summed E-state index contributed by atoms with van der Waals surface area (Å²) >= 11 is 0. The van der Waals surface area contributed by atoms with Crippen LogP contribution in [0.25, 0.3) is 6.08 Å². The van der Waals surface area contributed by atoms with Crippen molar-refractivity contribution in [1.82, 2.24) is 4.98 Å². The third-order valence-electron chi connectivity index (χ3n) is 1.70. The molecular weight excluding hydrogens is 158 g/mol. The van der Waals surface area contributed by atoms with Crippen LogP contribution in [-0.2, 0) is 0 Å². The summed E-state index contributed by atoms with van der Waals surface area (Å²) < 4.78 is 0. The largest absolute Gasteiger partial charge is 0.365 e. The van der Waals surface area contributed by atoms with Gasteiger partial charge in [0.15, 0.2) is 0 Å². The third-order valence-corrected chi connectivity index (χ3v) is 1.70. The summed E-state index contributed by atoms with van der Waals surface area (Å²) in [6.07, 6.45) is 5.91. The van der Waals surface area contributed by atoms with Crippen molar-refractivity contribution >= 4 is 6.08 Å². The first-order chi connectivity index (χ1) is 6.24. The van der Waals surface area contributed by atoms with E-state index in [2.05, 4.69) is 30.6 Å². The van der Waals surface area contributed by atoms with Gasteiger partial charge in [-0.25, -0.2) is 0 Å². The molecule has 0 aliphatic rings. The lowest BCUT2D eigenvalue weighted by Crippen LogP contribution is -1.74. The number of allylic oxidation sites excluding steroid dienone is 2. The average Bonchev–Trinajstić information content (AvgIpc) is 2.55. The first-order valence-electron chi connectivity index (χ1n) is 4.68. The van der Waals surface area contributed by atoms with Crippen LogP contribution < -0.4 is 0 Å². The van der Waals surface area contributed by atoms with Gasteiger partial charge in [-0.2, -0.15) is 0 Å². The van der Waals surface area contributed by atoms with Gasteiger partial charge >= 0.3 is 0 Å². The Morgan fingerprint density at radius 3 is 2.46 bits per heavy atom. The first kappa shape index (κ1) is 11.8. The second kappa shape index (κ2) is 6.30. The van der Waals surface area contributed by atoms with Gasteiger partial charge in [-0.05, 0) is 25.5 Å². The molecule has 1 heterocycles. The number of aromatic amines is 1. The van der Waals surface area contributed by atoms with Crippen molar-refractivity contribution in [2.24, 2.45) is 0 Å². The second-order valence-electron chi connectivity index (χ2n) is 2.65. The minimum Gasteiger partial charge on any atom is -0.365 e. The highest BCUT2D eigenvalue weighted by Crippen LogP contribution is 2.10. The molecule has 0 bridgehead atoms. The Morgan fingerprint density at radius 2 is 2.08 bits per heavy atom. The van der Waals surface area contributed by atoms with E-state index in [1.54, 1.807) is 0 Å². The van der Waals surface area contributed by atoms with Crippen LogP contribution in [-0.4, -0.2) is 4.98 Å². The highest BCUT2D eigenvalue weighted by atomic mass is 14.7. The minimum atomic E-state index is 1.19. The fraction of sp³-hybridized carbons (Fsp3) is 0.333. The highest BCUT2D eigenvalue weighted by Gasteiger charge is 1.92. The predicted molar refractivity (Wildman–Crippen MR) is 60.7 cm³/mol. The zero-order chi connectivity index (χ0) is 10.3. The van der Waals surface area contributed by atoms with Gasteiger partial charge in [0.1, 0.15) is 0 Å². The van der Waals surface area contributed by atoms with E-state index in [1.165, 1.54) is 16.8 Å². The fourth-order valence-electron chi connectivity index (χ4n) is 0.925. The van der Waals surface area contributed by atoms with Crippen molar-refractivity contribution in [1.29, 1.82) is 0 Å². The Morgan fingerprint density at radius 1 is 1.46 bits per heavy atom. The van der Waals surface area contributed by atoms with Gasteiger partial charge in [0, 0.05) is 11.9 Å². The van der Waals surface area contributed by atoms with E-state index in [0.717, 1.165) is 0 Å². The maximum Gasteiger partial charge on any atom is 0.0189 e. The summed E-state index contributed by atoms with van der Waals surface area (Å²) in [5.41, 5.74) is 3.63. The molecule has 0 radical (unpaired) electrons. The quantitative estimate of drug-likeness (QED) is 0.659. The summed E-state index contributed by atoms with van der Waals surface area (Å²) in [4.78, 5) is 3.12. The minimum absolute atomic E-state index is 1.19. The smallest absolute Gasteiger partial charge is 0.0189 e. The van der Waals surface area contributed by atoms with Gasteiger partial charge < -0.3 is 4.98 Å². The van der Waals surface area contributed by atoms with Crippen LogP contribution in [0.3, 0.4) is 0 Å². The lowest BCUT2D eigenvalue weighted by Gasteiger charge is -1.91. The number of H-pyrrole nitrogens is 1. The predicted octanol–water partition coefficient (Wildman–Crippen LogP) is 3.94. The topological polar surface area (TPSA) is 15.8 Å². The van der Waals surface area contributed by atoms with Gasteiger partial charge in [-0.3, -0.25) is 0 Å². The number of hydrogen-bond donors (Lipinski definition) is 1. The molecular formula is C12H19N. The van der Waals surface area contributed by atoms with Gasteiger partial charge in [-0.1, -0.05) is 38.2 Å². The molecule has 1 nitrogen and oxygen atoms in total. The summed E-state index contributed by atoms with van der Waals surface area (Å²) in [5, 5.41) is 0. The molecule has 0 aromatic carbocycles. The lowest BCUT2D eigenvalue weighted by atomic mass is 10.2. The summed E-state index contributed by atoms with van der Waals surface area (Å²) in [6.45, 7) is 11.8. The van der Waals surface area contributed by atoms with E-state index in [-0.39, 0.29) is 0 Å². The van der Waals surface area contributed by atoms with Crippen molar-refractivity contribution in [3.63, 3.8) is 0 Å². The molecule has 1 rings (SSSR count). The zero-order valence-corrected chi connectivity index (χ0v) is 9.02. The highest BCUT2D eigenvalue weighted by molar-refractivity contribution is 5.56. The maximum atomic E-state index is 3.69. The number of aromatic nitrogens is 1. The SMILES string of the molecule is C=C/C(C)=C\c1cc[nH]c1C.CC. The Hall–Kier alpha value is -1.24. The molecule has 0 aliphatic heterocycles. The normalized spacial score (nSPS) is 10.3.